The molecule has 1 heterocycles. The Hall–Kier alpha value is -2.53. The van der Waals surface area contributed by atoms with Crippen molar-refractivity contribution in [2.24, 2.45) is 0 Å². The van der Waals surface area contributed by atoms with Crippen molar-refractivity contribution < 1.29 is 9.90 Å². The molecule has 0 amide bonds. The lowest BCUT2D eigenvalue weighted by molar-refractivity contribution is 0.0697. The Morgan fingerprint density at radius 2 is 1.83 bits per heavy atom. The summed E-state index contributed by atoms with van der Waals surface area (Å²) in [6, 6.07) is 15.0. The van der Waals surface area contributed by atoms with Crippen molar-refractivity contribution in [1.29, 1.82) is 0 Å². The zero-order chi connectivity index (χ0) is 16.4. The summed E-state index contributed by atoms with van der Waals surface area (Å²) >= 11 is 1.32. The van der Waals surface area contributed by atoms with Crippen molar-refractivity contribution in [3.63, 3.8) is 0 Å². The lowest BCUT2D eigenvalue weighted by Gasteiger charge is -2.04. The smallest absolute Gasteiger partial charge is 0.335 e. The van der Waals surface area contributed by atoms with E-state index in [4.69, 9.17) is 5.11 Å². The largest absolute Gasteiger partial charge is 0.478 e. The SMILES string of the molecule is CC(C)c1ccc(-c2nc(-c3cccc(C(=O)O)c3)ns2)cc1. The molecular weight excluding hydrogens is 308 g/mol. The van der Waals surface area contributed by atoms with E-state index < -0.39 is 5.97 Å². The normalized spacial score (nSPS) is 10.9. The van der Waals surface area contributed by atoms with Crippen LogP contribution in [0.25, 0.3) is 22.0 Å². The van der Waals surface area contributed by atoms with Gasteiger partial charge in [0.2, 0.25) is 0 Å². The highest BCUT2D eigenvalue weighted by atomic mass is 32.1. The van der Waals surface area contributed by atoms with Crippen LogP contribution in [-0.2, 0) is 0 Å². The van der Waals surface area contributed by atoms with E-state index in [0.29, 0.717) is 17.3 Å². The molecule has 3 rings (SSSR count). The maximum absolute atomic E-state index is 11.1. The Bertz CT molecular complexity index is 838. The van der Waals surface area contributed by atoms with E-state index in [1.54, 1.807) is 18.2 Å². The number of carboxylic acid groups (broad SMARTS) is 1. The van der Waals surface area contributed by atoms with Crippen molar-refractivity contribution in [2.75, 3.05) is 0 Å². The average molecular weight is 324 g/mol. The fourth-order valence-corrected chi connectivity index (χ4v) is 2.95. The molecule has 5 heteroatoms. The lowest BCUT2D eigenvalue weighted by atomic mass is 10.0. The first-order valence-corrected chi connectivity index (χ1v) is 8.09. The molecule has 0 aliphatic heterocycles. The number of aromatic carboxylic acids is 1. The van der Waals surface area contributed by atoms with Gasteiger partial charge in [-0.25, -0.2) is 9.78 Å². The van der Waals surface area contributed by atoms with Crippen LogP contribution in [-0.4, -0.2) is 20.4 Å². The second-order valence-corrected chi connectivity index (χ2v) is 6.34. The summed E-state index contributed by atoms with van der Waals surface area (Å²) in [6.07, 6.45) is 0. The first-order valence-electron chi connectivity index (χ1n) is 7.32. The first kappa shape index (κ1) is 15.4. The van der Waals surface area contributed by atoms with Crippen molar-refractivity contribution >= 4 is 17.5 Å². The third-order valence-electron chi connectivity index (χ3n) is 3.62. The van der Waals surface area contributed by atoms with Crippen LogP contribution >= 0.6 is 11.5 Å². The number of nitrogens with zero attached hydrogens (tertiary/aromatic N) is 2. The second kappa shape index (κ2) is 6.30. The van der Waals surface area contributed by atoms with Gasteiger partial charge in [0, 0.05) is 11.1 Å². The Morgan fingerprint density at radius 1 is 1.09 bits per heavy atom. The third kappa shape index (κ3) is 3.29. The number of carbonyl (C=O) groups is 1. The Labute approximate surface area is 138 Å². The van der Waals surface area contributed by atoms with Gasteiger partial charge in [-0.2, -0.15) is 4.37 Å². The summed E-state index contributed by atoms with van der Waals surface area (Å²) in [5.74, 6) is 0.0976. The fraction of sp³-hybridized carbons (Fsp3) is 0.167. The molecule has 0 saturated heterocycles. The maximum atomic E-state index is 11.1. The van der Waals surface area contributed by atoms with Crippen LogP contribution in [0.3, 0.4) is 0 Å². The maximum Gasteiger partial charge on any atom is 0.335 e. The first-order chi connectivity index (χ1) is 11.0. The van der Waals surface area contributed by atoms with Gasteiger partial charge >= 0.3 is 5.97 Å². The summed E-state index contributed by atoms with van der Waals surface area (Å²) in [6.45, 7) is 4.32. The van der Waals surface area contributed by atoms with E-state index in [0.717, 1.165) is 10.6 Å². The molecule has 0 aliphatic rings. The number of benzene rings is 2. The highest BCUT2D eigenvalue weighted by Crippen LogP contribution is 2.27. The van der Waals surface area contributed by atoms with Crippen LogP contribution in [0.5, 0.6) is 0 Å². The minimum absolute atomic E-state index is 0.236. The van der Waals surface area contributed by atoms with E-state index in [1.165, 1.54) is 17.1 Å². The topological polar surface area (TPSA) is 63.1 Å². The monoisotopic (exact) mass is 324 g/mol. The average Bonchev–Trinajstić information content (AvgIpc) is 3.05. The summed E-state index contributed by atoms with van der Waals surface area (Å²) in [4.78, 5) is 15.6. The van der Waals surface area contributed by atoms with E-state index in [1.807, 2.05) is 18.2 Å². The van der Waals surface area contributed by atoms with E-state index in [9.17, 15) is 4.79 Å². The molecule has 116 valence electrons. The highest BCUT2D eigenvalue weighted by Gasteiger charge is 2.11. The zero-order valence-electron chi connectivity index (χ0n) is 12.9. The molecule has 3 aromatic rings. The van der Waals surface area contributed by atoms with E-state index >= 15 is 0 Å². The molecule has 0 radical (unpaired) electrons. The van der Waals surface area contributed by atoms with Crippen LogP contribution < -0.4 is 0 Å². The molecule has 0 saturated carbocycles. The molecule has 0 atom stereocenters. The molecule has 0 unspecified atom stereocenters. The summed E-state index contributed by atoms with van der Waals surface area (Å²) in [5, 5.41) is 9.90. The van der Waals surface area contributed by atoms with Crippen LogP contribution in [0, 0.1) is 0 Å². The van der Waals surface area contributed by atoms with Gasteiger partial charge in [-0.15, -0.1) is 0 Å². The summed E-state index contributed by atoms with van der Waals surface area (Å²) in [5.41, 5.74) is 3.26. The van der Waals surface area contributed by atoms with Gasteiger partial charge in [0.1, 0.15) is 5.01 Å². The third-order valence-corrected chi connectivity index (χ3v) is 4.38. The van der Waals surface area contributed by atoms with Gasteiger partial charge in [-0.3, -0.25) is 0 Å². The number of carboxylic acids is 1. The molecule has 1 N–H and O–H groups in total. The van der Waals surface area contributed by atoms with Crippen LogP contribution in [0.2, 0.25) is 0 Å². The van der Waals surface area contributed by atoms with Gasteiger partial charge in [0.15, 0.2) is 5.82 Å². The van der Waals surface area contributed by atoms with Gasteiger partial charge in [0.05, 0.1) is 5.56 Å². The molecule has 0 bridgehead atoms. The van der Waals surface area contributed by atoms with Crippen molar-refractivity contribution in [1.82, 2.24) is 9.36 Å². The van der Waals surface area contributed by atoms with Gasteiger partial charge in [-0.1, -0.05) is 50.2 Å². The van der Waals surface area contributed by atoms with Crippen LogP contribution in [0.15, 0.2) is 48.5 Å². The Balaban J connectivity index is 1.91. The molecule has 0 spiro atoms. The molecule has 0 fully saturated rings. The lowest BCUT2D eigenvalue weighted by Crippen LogP contribution is -1.96. The minimum Gasteiger partial charge on any atom is -0.478 e. The van der Waals surface area contributed by atoms with Crippen LogP contribution in [0.4, 0.5) is 0 Å². The Morgan fingerprint density at radius 3 is 2.48 bits per heavy atom. The summed E-state index contributed by atoms with van der Waals surface area (Å²) in [7, 11) is 0. The van der Waals surface area contributed by atoms with Crippen LogP contribution in [0.1, 0.15) is 35.7 Å². The molecule has 4 nitrogen and oxygen atoms in total. The van der Waals surface area contributed by atoms with Gasteiger partial charge in [-0.05, 0) is 35.1 Å². The van der Waals surface area contributed by atoms with Crippen molar-refractivity contribution in [3.05, 3.63) is 59.7 Å². The zero-order valence-corrected chi connectivity index (χ0v) is 13.7. The minimum atomic E-state index is -0.952. The molecule has 23 heavy (non-hydrogen) atoms. The highest BCUT2D eigenvalue weighted by molar-refractivity contribution is 7.09. The fourth-order valence-electron chi connectivity index (χ4n) is 2.26. The predicted octanol–water partition coefficient (Wildman–Crippen LogP) is 4.69. The molecule has 1 aromatic heterocycles. The van der Waals surface area contributed by atoms with E-state index in [-0.39, 0.29) is 5.56 Å². The number of aromatic nitrogens is 2. The molecule has 2 aromatic carbocycles. The van der Waals surface area contributed by atoms with E-state index in [2.05, 4.69) is 35.3 Å². The van der Waals surface area contributed by atoms with Gasteiger partial charge < -0.3 is 5.11 Å². The standard InChI is InChI=1S/C18H16N2O2S/c1-11(2)12-6-8-13(9-7-12)17-19-16(20-23-17)14-4-3-5-15(10-14)18(21)22/h3-11H,1-2H3,(H,21,22). The van der Waals surface area contributed by atoms with Crippen molar-refractivity contribution in [3.8, 4) is 22.0 Å². The number of rotatable bonds is 4. The van der Waals surface area contributed by atoms with Crippen molar-refractivity contribution in [2.45, 2.75) is 19.8 Å². The number of hydrogen-bond donors (Lipinski definition) is 1. The molecule has 0 aliphatic carbocycles. The Kier molecular flexibility index (Phi) is 4.21. The summed E-state index contributed by atoms with van der Waals surface area (Å²) < 4.78 is 4.36. The van der Waals surface area contributed by atoms with Gasteiger partial charge in [0.25, 0.3) is 0 Å². The number of hydrogen-bond acceptors (Lipinski definition) is 4. The molecular formula is C18H16N2O2S. The quantitative estimate of drug-likeness (QED) is 0.756. The predicted molar refractivity (Wildman–Crippen MR) is 91.8 cm³/mol. The second-order valence-electron chi connectivity index (χ2n) is 5.59.